The Hall–Kier alpha value is -2.88. The smallest absolute Gasteiger partial charge is 0.328 e. The maximum Gasteiger partial charge on any atom is 0.328 e. The molecule has 7 heteroatoms. The minimum atomic E-state index is -0.876. The van der Waals surface area contributed by atoms with Gasteiger partial charge >= 0.3 is 5.97 Å². The van der Waals surface area contributed by atoms with Gasteiger partial charge < -0.3 is 15.4 Å². The fourth-order valence-electron chi connectivity index (χ4n) is 2.42. The van der Waals surface area contributed by atoms with Crippen LogP contribution in [-0.2, 0) is 25.5 Å². The molecule has 0 unspecified atom stereocenters. The highest BCUT2D eigenvalue weighted by atomic mass is 16.5. The van der Waals surface area contributed by atoms with Gasteiger partial charge in [-0.05, 0) is 24.1 Å². The highest BCUT2D eigenvalue weighted by Gasteiger charge is 2.30. The minimum Gasteiger partial charge on any atom is -0.467 e. The van der Waals surface area contributed by atoms with E-state index in [9.17, 15) is 14.4 Å². The van der Waals surface area contributed by atoms with E-state index in [2.05, 4.69) is 10.6 Å². The third-order valence-electron chi connectivity index (χ3n) is 3.61. The maximum atomic E-state index is 12.1. The fraction of sp³-hybridized carbons (Fsp3) is 0.375. The van der Waals surface area contributed by atoms with Crippen LogP contribution in [0.1, 0.15) is 24.0 Å². The average Bonchev–Trinajstić information content (AvgIpc) is 3.00. The molecule has 120 valence electrons. The lowest BCUT2D eigenvalue weighted by Crippen LogP contribution is -2.50. The van der Waals surface area contributed by atoms with Crippen LogP contribution in [-0.4, -0.2) is 37.0 Å². The van der Waals surface area contributed by atoms with Crippen molar-refractivity contribution in [2.24, 2.45) is 0 Å². The first-order chi connectivity index (χ1) is 11.0. The number of benzene rings is 1. The van der Waals surface area contributed by atoms with Gasteiger partial charge in [-0.2, -0.15) is 5.26 Å². The summed E-state index contributed by atoms with van der Waals surface area (Å²) in [6.45, 7) is 0. The van der Waals surface area contributed by atoms with Crippen molar-refractivity contribution in [3.8, 4) is 6.07 Å². The van der Waals surface area contributed by atoms with E-state index in [1.54, 1.807) is 24.3 Å². The molecule has 2 rings (SSSR count). The van der Waals surface area contributed by atoms with Gasteiger partial charge in [-0.25, -0.2) is 4.79 Å². The second-order valence-electron chi connectivity index (χ2n) is 5.26. The number of nitriles is 1. The molecule has 0 spiro atoms. The van der Waals surface area contributed by atoms with Crippen LogP contribution in [0.15, 0.2) is 24.3 Å². The summed E-state index contributed by atoms with van der Waals surface area (Å²) in [4.78, 5) is 35.2. The van der Waals surface area contributed by atoms with Crippen molar-refractivity contribution in [2.75, 3.05) is 7.11 Å². The van der Waals surface area contributed by atoms with Crippen LogP contribution in [0.4, 0.5) is 0 Å². The number of carbonyl (C=O) groups excluding carboxylic acids is 3. The lowest BCUT2D eigenvalue weighted by atomic mass is 10.0. The average molecular weight is 315 g/mol. The first-order valence-corrected chi connectivity index (χ1v) is 7.20. The van der Waals surface area contributed by atoms with Crippen LogP contribution >= 0.6 is 0 Å². The number of hydrogen-bond donors (Lipinski definition) is 2. The maximum absolute atomic E-state index is 12.1. The van der Waals surface area contributed by atoms with Gasteiger partial charge in [-0.1, -0.05) is 12.1 Å². The van der Waals surface area contributed by atoms with Crippen molar-refractivity contribution >= 4 is 17.8 Å². The highest BCUT2D eigenvalue weighted by molar-refractivity contribution is 5.93. The molecule has 2 amide bonds. The van der Waals surface area contributed by atoms with Crippen molar-refractivity contribution in [3.63, 3.8) is 0 Å². The molecule has 1 aliphatic heterocycles. The number of amides is 2. The van der Waals surface area contributed by atoms with E-state index in [0.29, 0.717) is 18.4 Å². The van der Waals surface area contributed by atoms with Crippen LogP contribution in [0.5, 0.6) is 0 Å². The van der Waals surface area contributed by atoms with E-state index in [1.807, 2.05) is 6.07 Å². The Bertz CT molecular complexity index is 666. The van der Waals surface area contributed by atoms with Gasteiger partial charge in [0.15, 0.2) is 0 Å². The van der Waals surface area contributed by atoms with Gasteiger partial charge in [0.1, 0.15) is 12.1 Å². The SMILES string of the molecule is COC(=O)[C@@H](Cc1cccc(C#N)c1)NC(=O)[C@@H]1CCC(=O)N1. The Labute approximate surface area is 133 Å². The number of nitrogens with zero attached hydrogens (tertiary/aromatic N) is 1. The molecule has 1 aromatic rings. The number of rotatable bonds is 5. The van der Waals surface area contributed by atoms with E-state index < -0.39 is 24.0 Å². The zero-order valence-corrected chi connectivity index (χ0v) is 12.7. The normalized spacial score (nSPS) is 17.7. The summed E-state index contributed by atoms with van der Waals surface area (Å²) in [7, 11) is 1.24. The zero-order valence-electron chi connectivity index (χ0n) is 12.7. The summed E-state index contributed by atoms with van der Waals surface area (Å²) >= 11 is 0. The Balaban J connectivity index is 2.07. The van der Waals surface area contributed by atoms with Crippen LogP contribution in [0.2, 0.25) is 0 Å². The molecule has 23 heavy (non-hydrogen) atoms. The third kappa shape index (κ3) is 4.30. The molecule has 0 saturated carbocycles. The second kappa shape index (κ2) is 7.40. The van der Waals surface area contributed by atoms with E-state index in [1.165, 1.54) is 7.11 Å². The lowest BCUT2D eigenvalue weighted by molar-refractivity contribution is -0.145. The van der Waals surface area contributed by atoms with Gasteiger partial charge in [0, 0.05) is 12.8 Å². The van der Waals surface area contributed by atoms with Crippen LogP contribution in [0, 0.1) is 11.3 Å². The molecule has 0 aliphatic carbocycles. The number of ether oxygens (including phenoxy) is 1. The third-order valence-corrected chi connectivity index (χ3v) is 3.61. The number of esters is 1. The summed E-state index contributed by atoms with van der Waals surface area (Å²) in [5.41, 5.74) is 1.20. The lowest BCUT2D eigenvalue weighted by Gasteiger charge is -2.19. The van der Waals surface area contributed by atoms with Crippen LogP contribution in [0.25, 0.3) is 0 Å². The largest absolute Gasteiger partial charge is 0.467 e. The number of hydrogen-bond acceptors (Lipinski definition) is 5. The fourth-order valence-corrected chi connectivity index (χ4v) is 2.42. The van der Waals surface area contributed by atoms with Crippen LogP contribution in [0.3, 0.4) is 0 Å². The zero-order chi connectivity index (χ0) is 16.8. The molecule has 0 aromatic heterocycles. The summed E-state index contributed by atoms with van der Waals surface area (Å²) in [6, 6.07) is 7.30. The Kier molecular flexibility index (Phi) is 5.31. The van der Waals surface area contributed by atoms with E-state index >= 15 is 0 Å². The Morgan fingerprint density at radius 3 is 2.91 bits per heavy atom. The molecule has 1 fully saturated rings. The molecule has 1 saturated heterocycles. The van der Waals surface area contributed by atoms with Crippen molar-refractivity contribution in [2.45, 2.75) is 31.3 Å². The molecular weight excluding hydrogens is 298 g/mol. The molecule has 0 radical (unpaired) electrons. The predicted octanol–water partition coefficient (Wildman–Crippen LogP) is 0.0372. The first kappa shape index (κ1) is 16.5. The summed E-state index contributed by atoms with van der Waals surface area (Å²) in [6.07, 6.45) is 0.905. The summed E-state index contributed by atoms with van der Waals surface area (Å²) < 4.78 is 4.72. The van der Waals surface area contributed by atoms with E-state index in [-0.39, 0.29) is 12.3 Å². The number of methoxy groups -OCH3 is 1. The molecule has 1 aromatic carbocycles. The molecule has 0 bridgehead atoms. The Morgan fingerprint density at radius 1 is 1.52 bits per heavy atom. The molecule has 2 atom stereocenters. The summed E-state index contributed by atoms with van der Waals surface area (Å²) in [5, 5.41) is 14.1. The molecule has 1 aliphatic rings. The minimum absolute atomic E-state index is 0.179. The predicted molar refractivity (Wildman–Crippen MR) is 80.0 cm³/mol. The van der Waals surface area contributed by atoms with Crippen molar-refractivity contribution < 1.29 is 19.1 Å². The Morgan fingerprint density at radius 2 is 2.30 bits per heavy atom. The van der Waals surface area contributed by atoms with Gasteiger partial charge in [0.05, 0.1) is 18.7 Å². The quantitative estimate of drug-likeness (QED) is 0.746. The molecule has 7 nitrogen and oxygen atoms in total. The second-order valence-corrected chi connectivity index (χ2v) is 5.26. The van der Waals surface area contributed by atoms with Gasteiger partial charge in [-0.15, -0.1) is 0 Å². The molecule has 2 N–H and O–H groups in total. The molecule has 1 heterocycles. The van der Waals surface area contributed by atoms with Gasteiger partial charge in [0.25, 0.3) is 0 Å². The number of nitrogens with one attached hydrogen (secondary N) is 2. The summed E-state index contributed by atoms with van der Waals surface area (Å²) in [5.74, 6) is -1.17. The van der Waals surface area contributed by atoms with E-state index in [0.717, 1.165) is 5.56 Å². The van der Waals surface area contributed by atoms with Crippen molar-refractivity contribution in [1.82, 2.24) is 10.6 Å². The first-order valence-electron chi connectivity index (χ1n) is 7.20. The monoisotopic (exact) mass is 315 g/mol. The highest BCUT2D eigenvalue weighted by Crippen LogP contribution is 2.10. The van der Waals surface area contributed by atoms with Crippen molar-refractivity contribution in [1.29, 1.82) is 5.26 Å². The van der Waals surface area contributed by atoms with E-state index in [4.69, 9.17) is 10.00 Å². The van der Waals surface area contributed by atoms with Crippen molar-refractivity contribution in [3.05, 3.63) is 35.4 Å². The number of carbonyl (C=O) groups is 3. The van der Waals surface area contributed by atoms with Gasteiger partial charge in [-0.3, -0.25) is 9.59 Å². The standard InChI is InChI=1S/C16H17N3O4/c1-23-16(22)13(8-10-3-2-4-11(7-10)9-17)19-15(21)12-5-6-14(20)18-12/h2-4,7,12-13H,5-6,8H2,1H3,(H,18,20)(H,19,21)/t12-,13+/m0/s1. The molecular formula is C16H17N3O4. The van der Waals surface area contributed by atoms with Crippen LogP contribution < -0.4 is 10.6 Å². The van der Waals surface area contributed by atoms with Gasteiger partial charge in [0.2, 0.25) is 11.8 Å². The topological polar surface area (TPSA) is 108 Å².